The highest BCUT2D eigenvalue weighted by Crippen LogP contribution is 2.22. The summed E-state index contributed by atoms with van der Waals surface area (Å²) in [4.78, 5) is 4.44. The van der Waals surface area contributed by atoms with Crippen molar-refractivity contribution in [3.8, 4) is 11.2 Å². The molecule has 6 heteroatoms. The molecule has 5 nitrogen and oxygen atoms in total. The lowest BCUT2D eigenvalue weighted by Gasteiger charge is -2.00. The molecule has 3 rings (SSSR count). The van der Waals surface area contributed by atoms with Gasteiger partial charge in [-0.25, -0.2) is 4.98 Å². The number of nitriles is 1. The van der Waals surface area contributed by atoms with Crippen molar-refractivity contribution in [3.05, 3.63) is 35.6 Å². The fraction of sp³-hybridized carbons (Fsp3) is 0.0909. The number of hydrogen-bond acceptors (Lipinski definition) is 5. The van der Waals surface area contributed by atoms with Gasteiger partial charge < -0.3 is 0 Å². The van der Waals surface area contributed by atoms with Crippen LogP contribution >= 0.6 is 11.3 Å². The zero-order valence-electron chi connectivity index (χ0n) is 8.74. The zero-order valence-corrected chi connectivity index (χ0v) is 9.55. The number of imidazole rings is 1. The largest absolute Gasteiger partial charge is 0.269 e. The van der Waals surface area contributed by atoms with Gasteiger partial charge in [0.2, 0.25) is 5.13 Å². The predicted octanol–water partition coefficient (Wildman–Crippen LogP) is 1.94. The topological polar surface area (TPSA) is 67.4 Å². The molecule has 2 heterocycles. The van der Waals surface area contributed by atoms with Crippen LogP contribution in [-0.4, -0.2) is 19.7 Å². The summed E-state index contributed by atoms with van der Waals surface area (Å²) >= 11 is 1.43. The molecule has 0 N–H and O–H groups in total. The smallest absolute Gasteiger partial charge is 0.218 e. The molecule has 0 amide bonds. The van der Waals surface area contributed by atoms with Crippen LogP contribution in [0.2, 0.25) is 0 Å². The standard InChI is InChI=1S/C11H7N5S/c12-6-5-10-14-8-3-1-2-4-9(8)16(10)11-15-13-7-17-11/h1-4,7H,5H2. The minimum absolute atomic E-state index is 0.258. The fourth-order valence-electron chi connectivity index (χ4n) is 1.74. The summed E-state index contributed by atoms with van der Waals surface area (Å²) in [6, 6.07) is 9.88. The molecule has 0 spiro atoms. The third-order valence-corrected chi connectivity index (χ3v) is 3.08. The maximum atomic E-state index is 8.83. The van der Waals surface area contributed by atoms with Crippen molar-refractivity contribution in [3.63, 3.8) is 0 Å². The van der Waals surface area contributed by atoms with Crippen molar-refractivity contribution >= 4 is 22.4 Å². The van der Waals surface area contributed by atoms with E-state index in [2.05, 4.69) is 21.3 Å². The minimum Gasteiger partial charge on any atom is -0.269 e. The average molecular weight is 241 g/mol. The number of nitrogens with zero attached hydrogens (tertiary/aromatic N) is 5. The van der Waals surface area contributed by atoms with Gasteiger partial charge >= 0.3 is 0 Å². The molecule has 82 valence electrons. The van der Waals surface area contributed by atoms with Crippen molar-refractivity contribution < 1.29 is 0 Å². The molecular weight excluding hydrogens is 234 g/mol. The van der Waals surface area contributed by atoms with Gasteiger partial charge in [0.25, 0.3) is 0 Å². The van der Waals surface area contributed by atoms with E-state index in [1.807, 2.05) is 28.8 Å². The summed E-state index contributed by atoms with van der Waals surface area (Å²) < 4.78 is 1.89. The average Bonchev–Trinajstić information content (AvgIpc) is 2.94. The Labute approximate surface area is 101 Å². The summed E-state index contributed by atoms with van der Waals surface area (Å²) in [6.45, 7) is 0. The first-order valence-corrected chi connectivity index (χ1v) is 5.88. The van der Waals surface area contributed by atoms with Crippen LogP contribution in [0.4, 0.5) is 0 Å². The van der Waals surface area contributed by atoms with Crippen LogP contribution < -0.4 is 0 Å². The normalized spacial score (nSPS) is 10.5. The Bertz CT molecular complexity index is 692. The van der Waals surface area contributed by atoms with Gasteiger partial charge in [0.15, 0.2) is 0 Å². The summed E-state index contributed by atoms with van der Waals surface area (Å²) in [5.74, 6) is 0.699. The molecular formula is C11H7N5S. The lowest BCUT2D eigenvalue weighted by Crippen LogP contribution is -2.00. The van der Waals surface area contributed by atoms with Gasteiger partial charge in [0, 0.05) is 0 Å². The first kappa shape index (κ1) is 9.93. The molecule has 0 unspecified atom stereocenters. The van der Waals surface area contributed by atoms with Gasteiger partial charge in [-0.05, 0) is 12.1 Å². The van der Waals surface area contributed by atoms with Crippen LogP contribution in [0, 0.1) is 11.3 Å². The highest BCUT2D eigenvalue weighted by molar-refractivity contribution is 7.11. The van der Waals surface area contributed by atoms with Crippen LogP contribution in [0.3, 0.4) is 0 Å². The molecule has 2 aromatic heterocycles. The van der Waals surface area contributed by atoms with E-state index in [1.165, 1.54) is 11.3 Å². The highest BCUT2D eigenvalue weighted by Gasteiger charge is 2.13. The predicted molar refractivity (Wildman–Crippen MR) is 63.9 cm³/mol. The van der Waals surface area contributed by atoms with Crippen LogP contribution in [0.15, 0.2) is 29.8 Å². The Morgan fingerprint density at radius 3 is 3.00 bits per heavy atom. The minimum atomic E-state index is 0.258. The number of benzene rings is 1. The Hall–Kier alpha value is -2.26. The summed E-state index contributed by atoms with van der Waals surface area (Å²) in [5, 5.41) is 17.4. The molecule has 0 aliphatic rings. The van der Waals surface area contributed by atoms with Crippen molar-refractivity contribution in [2.45, 2.75) is 6.42 Å². The molecule has 0 saturated carbocycles. The number of fused-ring (bicyclic) bond motifs is 1. The van der Waals surface area contributed by atoms with E-state index in [0.717, 1.165) is 16.2 Å². The monoisotopic (exact) mass is 241 g/mol. The van der Waals surface area contributed by atoms with Crippen LogP contribution in [0.1, 0.15) is 5.82 Å². The number of hydrogen-bond donors (Lipinski definition) is 0. The summed E-state index contributed by atoms with van der Waals surface area (Å²) in [7, 11) is 0. The zero-order chi connectivity index (χ0) is 11.7. The lowest BCUT2D eigenvalue weighted by atomic mass is 10.3. The third-order valence-electron chi connectivity index (χ3n) is 2.41. The van der Waals surface area contributed by atoms with Crippen molar-refractivity contribution in [2.75, 3.05) is 0 Å². The first-order chi connectivity index (χ1) is 8.40. The van der Waals surface area contributed by atoms with Gasteiger partial charge in [0.05, 0.1) is 23.5 Å². The number of para-hydroxylation sites is 2. The lowest BCUT2D eigenvalue weighted by molar-refractivity contribution is 0.913. The van der Waals surface area contributed by atoms with Gasteiger partial charge in [0.1, 0.15) is 11.3 Å². The molecule has 0 atom stereocenters. The molecule has 1 aromatic carbocycles. The summed E-state index contributed by atoms with van der Waals surface area (Å²) in [6.07, 6.45) is 0.258. The highest BCUT2D eigenvalue weighted by atomic mass is 32.1. The maximum Gasteiger partial charge on any atom is 0.218 e. The van der Waals surface area contributed by atoms with E-state index < -0.39 is 0 Å². The SMILES string of the molecule is N#CCc1nc2ccccc2n1-c1nncs1. The molecule has 0 aliphatic heterocycles. The summed E-state index contributed by atoms with van der Waals surface area (Å²) in [5.41, 5.74) is 3.49. The molecule has 0 fully saturated rings. The first-order valence-electron chi connectivity index (χ1n) is 5.00. The molecule has 0 saturated heterocycles. The van der Waals surface area contributed by atoms with E-state index in [4.69, 9.17) is 5.26 Å². The molecule has 0 radical (unpaired) electrons. The Balaban J connectivity index is 2.33. The van der Waals surface area contributed by atoms with Crippen LogP contribution in [0.5, 0.6) is 0 Å². The maximum absolute atomic E-state index is 8.83. The van der Waals surface area contributed by atoms with Crippen molar-refractivity contribution in [2.24, 2.45) is 0 Å². The number of rotatable bonds is 2. The van der Waals surface area contributed by atoms with Gasteiger partial charge in [-0.3, -0.25) is 4.57 Å². The van der Waals surface area contributed by atoms with Gasteiger partial charge in [-0.2, -0.15) is 5.26 Å². The van der Waals surface area contributed by atoms with E-state index in [1.54, 1.807) is 5.51 Å². The van der Waals surface area contributed by atoms with E-state index in [-0.39, 0.29) is 6.42 Å². The second-order valence-corrected chi connectivity index (χ2v) is 4.22. The van der Waals surface area contributed by atoms with Gasteiger partial charge in [-0.1, -0.05) is 23.5 Å². The molecule has 0 aliphatic carbocycles. The second kappa shape index (κ2) is 3.96. The Morgan fingerprint density at radius 1 is 1.35 bits per heavy atom. The van der Waals surface area contributed by atoms with Gasteiger partial charge in [-0.15, -0.1) is 10.2 Å². The van der Waals surface area contributed by atoms with Crippen molar-refractivity contribution in [1.82, 2.24) is 19.7 Å². The number of aromatic nitrogens is 4. The van der Waals surface area contributed by atoms with E-state index in [9.17, 15) is 0 Å². The van der Waals surface area contributed by atoms with Crippen LogP contribution in [-0.2, 0) is 6.42 Å². The Kier molecular flexibility index (Phi) is 2.31. The molecule has 17 heavy (non-hydrogen) atoms. The second-order valence-electron chi connectivity index (χ2n) is 3.41. The fourth-order valence-corrected chi connectivity index (χ4v) is 2.34. The van der Waals surface area contributed by atoms with E-state index in [0.29, 0.717) is 5.82 Å². The third kappa shape index (κ3) is 1.57. The Morgan fingerprint density at radius 2 is 2.24 bits per heavy atom. The van der Waals surface area contributed by atoms with Crippen molar-refractivity contribution in [1.29, 1.82) is 5.26 Å². The molecule has 0 bridgehead atoms. The molecule has 3 aromatic rings. The van der Waals surface area contributed by atoms with Crippen LogP contribution in [0.25, 0.3) is 16.2 Å². The van der Waals surface area contributed by atoms with E-state index >= 15 is 0 Å². The quantitative estimate of drug-likeness (QED) is 0.687.